The largest absolute Gasteiger partial charge is 0.475 e. The Kier molecular flexibility index (Phi) is 2.43. The number of ether oxygens (including phenoxy) is 1. The normalized spacial score (nSPS) is 26.9. The molecule has 1 aromatic rings. The molecule has 3 rings (SSSR count). The van der Waals surface area contributed by atoms with E-state index >= 15 is 0 Å². The Bertz CT molecular complexity index is 379. The van der Waals surface area contributed by atoms with Crippen LogP contribution in [-0.4, -0.2) is 12.0 Å². The van der Waals surface area contributed by atoms with Crippen molar-refractivity contribution in [2.45, 2.75) is 43.7 Å². The van der Waals surface area contributed by atoms with Crippen molar-refractivity contribution in [1.82, 2.24) is 0 Å². The summed E-state index contributed by atoms with van der Waals surface area (Å²) in [6.45, 7) is 0. The minimum Gasteiger partial charge on any atom is -0.475 e. The maximum Gasteiger partial charge on any atom is 0.171 e. The highest BCUT2D eigenvalue weighted by Gasteiger charge is 2.45. The number of aliphatic imine (C=N–C) groups is 1. The Labute approximate surface area is 96.3 Å². The SMILES string of the molecule is C1=N[C@H](c2ccccc2)C2(CCCCC2)O1. The van der Waals surface area contributed by atoms with E-state index in [0.29, 0.717) is 0 Å². The Morgan fingerprint density at radius 3 is 2.56 bits per heavy atom. The molecule has 1 heterocycles. The van der Waals surface area contributed by atoms with Crippen molar-refractivity contribution in [3.63, 3.8) is 0 Å². The molecule has 1 fully saturated rings. The predicted octanol–water partition coefficient (Wildman–Crippen LogP) is 3.49. The molecule has 84 valence electrons. The van der Waals surface area contributed by atoms with Gasteiger partial charge >= 0.3 is 0 Å². The second-order valence-corrected chi connectivity index (χ2v) is 4.81. The summed E-state index contributed by atoms with van der Waals surface area (Å²) < 4.78 is 5.86. The monoisotopic (exact) mass is 215 g/mol. The lowest BCUT2D eigenvalue weighted by Gasteiger charge is -2.36. The Morgan fingerprint density at radius 2 is 1.81 bits per heavy atom. The van der Waals surface area contributed by atoms with Gasteiger partial charge in [-0.2, -0.15) is 0 Å². The molecule has 2 heteroatoms. The van der Waals surface area contributed by atoms with Gasteiger partial charge in [-0.25, -0.2) is 4.99 Å². The Hall–Kier alpha value is -1.31. The van der Waals surface area contributed by atoms with Crippen molar-refractivity contribution in [2.24, 2.45) is 4.99 Å². The molecule has 2 nitrogen and oxygen atoms in total. The van der Waals surface area contributed by atoms with Gasteiger partial charge in [-0.3, -0.25) is 0 Å². The van der Waals surface area contributed by atoms with Crippen LogP contribution in [0.3, 0.4) is 0 Å². The van der Waals surface area contributed by atoms with Crippen molar-refractivity contribution in [3.05, 3.63) is 35.9 Å². The standard InChI is InChI=1S/C14H17NO/c1-3-7-12(8-4-1)13-14(16-11-15-13)9-5-2-6-10-14/h1,3-4,7-8,11,13H,2,5-6,9-10H2/t13-/m1/s1. The van der Waals surface area contributed by atoms with Crippen LogP contribution in [0.4, 0.5) is 0 Å². The van der Waals surface area contributed by atoms with Crippen LogP contribution in [0.2, 0.25) is 0 Å². The van der Waals surface area contributed by atoms with E-state index in [-0.39, 0.29) is 11.6 Å². The number of rotatable bonds is 1. The fourth-order valence-electron chi connectivity index (χ4n) is 2.96. The molecule has 2 aliphatic rings. The molecule has 0 bridgehead atoms. The number of benzene rings is 1. The quantitative estimate of drug-likeness (QED) is 0.702. The summed E-state index contributed by atoms with van der Waals surface area (Å²) in [7, 11) is 0. The van der Waals surface area contributed by atoms with Crippen molar-refractivity contribution in [2.75, 3.05) is 0 Å². The third-order valence-corrected chi connectivity index (χ3v) is 3.81. The lowest BCUT2D eigenvalue weighted by Crippen LogP contribution is -2.36. The Morgan fingerprint density at radius 1 is 1.06 bits per heavy atom. The zero-order valence-corrected chi connectivity index (χ0v) is 9.43. The first kappa shape index (κ1) is 9.88. The van der Waals surface area contributed by atoms with Crippen LogP contribution in [0.25, 0.3) is 0 Å². The summed E-state index contributed by atoms with van der Waals surface area (Å²) in [5.74, 6) is 0. The summed E-state index contributed by atoms with van der Waals surface area (Å²) in [6, 6.07) is 10.8. The second kappa shape index (κ2) is 3.93. The molecule has 1 aliphatic heterocycles. The third kappa shape index (κ3) is 1.53. The topological polar surface area (TPSA) is 21.6 Å². The van der Waals surface area contributed by atoms with Crippen LogP contribution < -0.4 is 0 Å². The van der Waals surface area contributed by atoms with Gasteiger partial charge in [0.2, 0.25) is 0 Å². The van der Waals surface area contributed by atoms with Gasteiger partial charge in [0.05, 0.1) is 0 Å². The predicted molar refractivity (Wildman–Crippen MR) is 64.6 cm³/mol. The molecule has 1 atom stereocenters. The summed E-state index contributed by atoms with van der Waals surface area (Å²) in [5.41, 5.74) is 1.26. The first-order valence-corrected chi connectivity index (χ1v) is 6.15. The number of hydrogen-bond acceptors (Lipinski definition) is 2. The van der Waals surface area contributed by atoms with Gasteiger partial charge in [-0.05, 0) is 31.2 Å². The zero-order chi connectivity index (χ0) is 10.8. The minimum absolute atomic E-state index is 0.0282. The molecular weight excluding hydrogens is 198 g/mol. The van der Waals surface area contributed by atoms with Crippen LogP contribution in [0.1, 0.15) is 43.7 Å². The fraction of sp³-hybridized carbons (Fsp3) is 0.500. The van der Waals surface area contributed by atoms with Crippen molar-refractivity contribution in [1.29, 1.82) is 0 Å². The summed E-state index contributed by atoms with van der Waals surface area (Å²) in [4.78, 5) is 4.54. The van der Waals surface area contributed by atoms with Crippen LogP contribution in [0, 0.1) is 0 Å². The number of nitrogens with zero attached hydrogens (tertiary/aromatic N) is 1. The molecule has 16 heavy (non-hydrogen) atoms. The maximum atomic E-state index is 5.86. The van der Waals surface area contributed by atoms with Crippen molar-refractivity contribution < 1.29 is 4.74 Å². The lowest BCUT2D eigenvalue weighted by atomic mass is 9.77. The van der Waals surface area contributed by atoms with Gasteiger partial charge in [-0.15, -0.1) is 0 Å². The van der Waals surface area contributed by atoms with Gasteiger partial charge in [0.25, 0.3) is 0 Å². The maximum absolute atomic E-state index is 5.86. The van der Waals surface area contributed by atoms with E-state index in [2.05, 4.69) is 35.3 Å². The van der Waals surface area contributed by atoms with E-state index in [1.807, 2.05) is 0 Å². The van der Waals surface area contributed by atoms with Crippen molar-refractivity contribution in [3.8, 4) is 0 Å². The molecule has 0 N–H and O–H groups in total. The molecule has 1 aliphatic carbocycles. The van der Waals surface area contributed by atoms with E-state index < -0.39 is 0 Å². The van der Waals surface area contributed by atoms with Crippen LogP contribution in [0.5, 0.6) is 0 Å². The van der Waals surface area contributed by atoms with E-state index in [1.54, 1.807) is 6.40 Å². The molecule has 0 amide bonds. The molecular formula is C14H17NO. The fourth-order valence-corrected chi connectivity index (χ4v) is 2.96. The molecule has 1 aromatic carbocycles. The van der Waals surface area contributed by atoms with Gasteiger partial charge in [0.15, 0.2) is 6.40 Å². The van der Waals surface area contributed by atoms with E-state index in [4.69, 9.17) is 4.74 Å². The molecule has 0 saturated heterocycles. The lowest BCUT2D eigenvalue weighted by molar-refractivity contribution is 0.0222. The van der Waals surface area contributed by atoms with Gasteiger partial charge in [-0.1, -0.05) is 36.8 Å². The van der Waals surface area contributed by atoms with Crippen LogP contribution in [-0.2, 0) is 4.74 Å². The summed E-state index contributed by atoms with van der Waals surface area (Å²) in [5, 5.41) is 0. The molecule has 0 aromatic heterocycles. The van der Waals surface area contributed by atoms with E-state index in [9.17, 15) is 0 Å². The second-order valence-electron chi connectivity index (χ2n) is 4.81. The van der Waals surface area contributed by atoms with Crippen molar-refractivity contribution >= 4 is 6.40 Å². The smallest absolute Gasteiger partial charge is 0.171 e. The average Bonchev–Trinajstić information content (AvgIpc) is 2.75. The average molecular weight is 215 g/mol. The van der Waals surface area contributed by atoms with Gasteiger partial charge < -0.3 is 4.74 Å². The summed E-state index contributed by atoms with van der Waals surface area (Å²) >= 11 is 0. The minimum atomic E-state index is -0.0282. The number of hydrogen-bond donors (Lipinski definition) is 0. The highest BCUT2D eigenvalue weighted by atomic mass is 16.5. The van der Waals surface area contributed by atoms with Gasteiger partial charge in [0.1, 0.15) is 11.6 Å². The molecule has 1 spiro atoms. The third-order valence-electron chi connectivity index (χ3n) is 3.81. The highest BCUT2D eigenvalue weighted by molar-refractivity contribution is 5.53. The van der Waals surface area contributed by atoms with Crippen LogP contribution in [0.15, 0.2) is 35.3 Å². The first-order valence-electron chi connectivity index (χ1n) is 6.15. The molecule has 0 unspecified atom stereocenters. The van der Waals surface area contributed by atoms with Crippen LogP contribution >= 0.6 is 0 Å². The Balaban J connectivity index is 1.91. The van der Waals surface area contributed by atoms with E-state index in [0.717, 1.165) is 12.8 Å². The van der Waals surface area contributed by atoms with Gasteiger partial charge in [0, 0.05) is 0 Å². The molecule has 1 saturated carbocycles. The molecule has 0 radical (unpaired) electrons. The highest BCUT2D eigenvalue weighted by Crippen LogP contribution is 2.45. The van der Waals surface area contributed by atoms with E-state index in [1.165, 1.54) is 24.8 Å². The first-order chi connectivity index (χ1) is 7.91. The zero-order valence-electron chi connectivity index (χ0n) is 9.43. The summed E-state index contributed by atoms with van der Waals surface area (Å²) in [6.07, 6.45) is 7.84.